The van der Waals surface area contributed by atoms with Gasteiger partial charge in [0, 0.05) is 5.88 Å². The maximum Gasteiger partial charge on any atom is 0.338 e. The molecule has 1 aromatic rings. The number of ether oxygens (including phenoxy) is 1. The van der Waals surface area contributed by atoms with Crippen LogP contribution in [-0.2, 0) is 10.6 Å². The summed E-state index contributed by atoms with van der Waals surface area (Å²) in [6, 6.07) is 3.81. The first-order valence-corrected chi connectivity index (χ1v) is 4.54. The third kappa shape index (κ3) is 2.25. The lowest BCUT2D eigenvalue weighted by Crippen LogP contribution is -2.07. The van der Waals surface area contributed by atoms with Crippen molar-refractivity contribution in [3.8, 4) is 6.07 Å². The second-order valence-corrected chi connectivity index (χ2v) is 2.98. The van der Waals surface area contributed by atoms with Crippen molar-refractivity contribution in [2.45, 2.75) is 5.88 Å². The van der Waals surface area contributed by atoms with E-state index in [4.69, 9.17) is 16.9 Å². The Morgan fingerprint density at radius 1 is 1.67 bits per heavy atom. The van der Waals surface area contributed by atoms with Crippen molar-refractivity contribution in [3.05, 3.63) is 34.6 Å². The predicted molar refractivity (Wildman–Crippen MR) is 52.0 cm³/mol. The van der Waals surface area contributed by atoms with Crippen LogP contribution >= 0.6 is 11.6 Å². The number of carbonyl (C=O) groups is 1. The molecule has 0 fully saturated rings. The van der Waals surface area contributed by atoms with Crippen molar-refractivity contribution in [3.63, 3.8) is 0 Å². The van der Waals surface area contributed by atoms with Crippen LogP contribution in [0.25, 0.3) is 0 Å². The Morgan fingerprint density at radius 3 is 2.80 bits per heavy atom. The molecule has 0 aromatic heterocycles. The number of hydrogen-bond acceptors (Lipinski definition) is 3. The number of alkyl halides is 1. The average Bonchev–Trinajstić information content (AvgIpc) is 2.26. The summed E-state index contributed by atoms with van der Waals surface area (Å²) in [5, 5.41) is 8.73. The Labute approximate surface area is 91.0 Å². The number of halogens is 2. The summed E-state index contributed by atoms with van der Waals surface area (Å²) in [6.45, 7) is 0. The van der Waals surface area contributed by atoms with Gasteiger partial charge >= 0.3 is 5.97 Å². The number of methoxy groups -OCH3 is 1. The minimum absolute atomic E-state index is 0.0101. The Hall–Kier alpha value is -1.60. The van der Waals surface area contributed by atoms with Gasteiger partial charge in [-0.2, -0.15) is 5.26 Å². The molecule has 0 spiro atoms. The summed E-state index contributed by atoms with van der Waals surface area (Å²) in [7, 11) is 1.18. The molecule has 0 saturated heterocycles. The molecule has 0 bridgehead atoms. The predicted octanol–water partition coefficient (Wildman–Crippen LogP) is 2.22. The zero-order valence-corrected chi connectivity index (χ0v) is 8.64. The second kappa shape index (κ2) is 4.76. The molecule has 15 heavy (non-hydrogen) atoms. The number of nitrogens with zero attached hydrogens (tertiary/aromatic N) is 1. The maximum absolute atomic E-state index is 13.0. The number of benzene rings is 1. The fourth-order valence-electron chi connectivity index (χ4n) is 1.17. The fourth-order valence-corrected chi connectivity index (χ4v) is 1.46. The zero-order valence-electron chi connectivity index (χ0n) is 7.88. The highest BCUT2D eigenvalue weighted by Gasteiger charge is 2.16. The molecule has 1 aromatic carbocycles. The summed E-state index contributed by atoms with van der Waals surface area (Å²) < 4.78 is 17.5. The van der Waals surface area contributed by atoms with Gasteiger partial charge in [0.25, 0.3) is 0 Å². The molecule has 0 unspecified atom stereocenters. The number of carbonyl (C=O) groups excluding carboxylic acids is 1. The van der Waals surface area contributed by atoms with E-state index in [9.17, 15) is 9.18 Å². The van der Waals surface area contributed by atoms with Crippen LogP contribution in [0.1, 0.15) is 21.5 Å². The summed E-state index contributed by atoms with van der Waals surface area (Å²) in [5.74, 6) is -1.42. The molecule has 0 aliphatic rings. The Balaban J connectivity index is 3.43. The lowest BCUT2D eigenvalue weighted by Gasteiger charge is -2.06. The SMILES string of the molecule is COC(=O)c1cc(F)cc(C#N)c1CCl. The van der Waals surface area contributed by atoms with Gasteiger partial charge < -0.3 is 4.74 Å². The number of rotatable bonds is 2. The van der Waals surface area contributed by atoms with E-state index < -0.39 is 11.8 Å². The molecule has 0 aliphatic heterocycles. The quantitative estimate of drug-likeness (QED) is 0.575. The van der Waals surface area contributed by atoms with Gasteiger partial charge in [-0.05, 0) is 17.7 Å². The summed E-state index contributed by atoms with van der Waals surface area (Å²) in [4.78, 5) is 11.3. The largest absolute Gasteiger partial charge is 0.465 e. The van der Waals surface area contributed by atoms with Gasteiger partial charge in [0.15, 0.2) is 0 Å². The van der Waals surface area contributed by atoms with E-state index in [2.05, 4.69) is 4.74 Å². The van der Waals surface area contributed by atoms with E-state index in [1.165, 1.54) is 7.11 Å². The maximum atomic E-state index is 13.0. The van der Waals surface area contributed by atoms with Crippen LogP contribution in [0.15, 0.2) is 12.1 Å². The van der Waals surface area contributed by atoms with E-state index in [1.807, 2.05) is 0 Å². The van der Waals surface area contributed by atoms with Gasteiger partial charge in [-0.1, -0.05) is 0 Å². The Kier molecular flexibility index (Phi) is 3.64. The highest BCUT2D eigenvalue weighted by molar-refractivity contribution is 6.17. The van der Waals surface area contributed by atoms with Crippen LogP contribution in [-0.4, -0.2) is 13.1 Å². The van der Waals surface area contributed by atoms with E-state index in [-0.39, 0.29) is 22.6 Å². The second-order valence-electron chi connectivity index (χ2n) is 2.72. The Bertz CT molecular complexity index is 440. The molecule has 0 radical (unpaired) electrons. The molecule has 1 rings (SSSR count). The van der Waals surface area contributed by atoms with E-state index >= 15 is 0 Å². The topological polar surface area (TPSA) is 50.1 Å². The molecule has 0 atom stereocenters. The van der Waals surface area contributed by atoms with E-state index in [0.29, 0.717) is 0 Å². The van der Waals surface area contributed by atoms with Crippen LogP contribution in [0, 0.1) is 17.1 Å². The molecule has 0 aliphatic carbocycles. The van der Waals surface area contributed by atoms with Crippen LogP contribution in [0.3, 0.4) is 0 Å². The fraction of sp³-hybridized carbons (Fsp3) is 0.200. The molecule has 78 valence electrons. The molecular formula is C10H7ClFNO2. The first kappa shape index (κ1) is 11.5. The normalized spacial score (nSPS) is 9.47. The smallest absolute Gasteiger partial charge is 0.338 e. The van der Waals surface area contributed by atoms with Crippen LogP contribution < -0.4 is 0 Å². The van der Waals surface area contributed by atoms with Gasteiger partial charge in [-0.25, -0.2) is 9.18 Å². The molecular weight excluding hydrogens is 221 g/mol. The van der Waals surface area contributed by atoms with Gasteiger partial charge in [0.1, 0.15) is 5.82 Å². The molecule has 3 nitrogen and oxygen atoms in total. The molecule has 0 N–H and O–H groups in total. The first-order valence-electron chi connectivity index (χ1n) is 4.00. The summed E-state index contributed by atoms with van der Waals surface area (Å²) in [6.07, 6.45) is 0. The highest BCUT2D eigenvalue weighted by atomic mass is 35.5. The number of esters is 1. The van der Waals surface area contributed by atoms with Crippen LogP contribution in [0.4, 0.5) is 4.39 Å². The Morgan fingerprint density at radius 2 is 2.33 bits per heavy atom. The van der Waals surface area contributed by atoms with Crippen molar-refractivity contribution in [2.24, 2.45) is 0 Å². The lowest BCUT2D eigenvalue weighted by molar-refractivity contribution is 0.0599. The minimum Gasteiger partial charge on any atom is -0.465 e. The molecule has 0 heterocycles. The minimum atomic E-state index is -0.707. The van der Waals surface area contributed by atoms with Crippen LogP contribution in [0.2, 0.25) is 0 Å². The van der Waals surface area contributed by atoms with Gasteiger partial charge in [0.2, 0.25) is 0 Å². The first-order chi connectivity index (χ1) is 7.13. The molecule has 5 heteroatoms. The summed E-state index contributed by atoms with van der Waals surface area (Å²) in [5.41, 5.74) is 0.321. The van der Waals surface area contributed by atoms with Crippen molar-refractivity contribution in [1.29, 1.82) is 5.26 Å². The average molecular weight is 228 g/mol. The van der Waals surface area contributed by atoms with Gasteiger partial charge in [-0.3, -0.25) is 0 Å². The van der Waals surface area contributed by atoms with E-state index in [1.54, 1.807) is 6.07 Å². The van der Waals surface area contributed by atoms with Gasteiger partial charge in [-0.15, -0.1) is 11.6 Å². The van der Waals surface area contributed by atoms with Crippen molar-refractivity contribution in [2.75, 3.05) is 7.11 Å². The standard InChI is InChI=1S/C10H7ClFNO2/c1-15-10(14)8-3-7(12)2-6(5-13)9(8)4-11/h2-3H,4H2,1H3. The van der Waals surface area contributed by atoms with Crippen molar-refractivity contribution in [1.82, 2.24) is 0 Å². The van der Waals surface area contributed by atoms with Crippen molar-refractivity contribution >= 4 is 17.6 Å². The van der Waals surface area contributed by atoms with Gasteiger partial charge in [0.05, 0.1) is 24.3 Å². The third-order valence-electron chi connectivity index (χ3n) is 1.87. The third-order valence-corrected chi connectivity index (χ3v) is 2.14. The summed E-state index contributed by atoms with van der Waals surface area (Å²) >= 11 is 5.59. The highest BCUT2D eigenvalue weighted by Crippen LogP contribution is 2.19. The lowest BCUT2D eigenvalue weighted by atomic mass is 10.0. The van der Waals surface area contributed by atoms with Crippen LogP contribution in [0.5, 0.6) is 0 Å². The number of nitriles is 1. The number of hydrogen-bond donors (Lipinski definition) is 0. The molecule has 0 amide bonds. The monoisotopic (exact) mass is 227 g/mol. The van der Waals surface area contributed by atoms with E-state index in [0.717, 1.165) is 12.1 Å². The van der Waals surface area contributed by atoms with Crippen molar-refractivity contribution < 1.29 is 13.9 Å². The molecule has 0 saturated carbocycles. The zero-order chi connectivity index (χ0) is 11.4.